The molecule has 3 heteroatoms. The molecule has 23 heavy (non-hydrogen) atoms. The molecule has 0 saturated carbocycles. The molecular weight excluding hydrogens is 300 g/mol. The molecule has 1 atom stereocenters. The second-order valence-electron chi connectivity index (χ2n) is 5.91. The number of rotatable bonds is 3. The highest BCUT2D eigenvalue weighted by molar-refractivity contribution is 8.13. The number of nitrogens with zero attached hydrogens (tertiary/aromatic N) is 2. The van der Waals surface area contributed by atoms with E-state index in [0.717, 1.165) is 6.42 Å². The molecule has 3 rings (SSSR count). The van der Waals surface area contributed by atoms with Gasteiger partial charge in [-0.05, 0) is 6.26 Å². The van der Waals surface area contributed by atoms with E-state index in [0.29, 0.717) is 6.04 Å². The summed E-state index contributed by atoms with van der Waals surface area (Å²) in [5, 5.41) is 1.29. The Morgan fingerprint density at radius 1 is 0.957 bits per heavy atom. The molecule has 118 valence electrons. The van der Waals surface area contributed by atoms with E-state index in [1.807, 2.05) is 11.8 Å². The summed E-state index contributed by atoms with van der Waals surface area (Å²) in [5.41, 5.74) is 3.98. The van der Waals surface area contributed by atoms with E-state index in [2.05, 4.69) is 96.6 Å². The Balaban J connectivity index is 2.17. The van der Waals surface area contributed by atoms with Crippen LogP contribution in [-0.4, -0.2) is 34.9 Å². The van der Waals surface area contributed by atoms with E-state index >= 15 is 0 Å². The molecule has 0 N–H and O–H groups in total. The molecule has 0 aromatic heterocycles. The number of para-hydroxylation sites is 1. The molecule has 0 fully saturated rings. The van der Waals surface area contributed by atoms with Crippen molar-refractivity contribution in [3.05, 3.63) is 78.0 Å². The molecule has 2 aromatic carbocycles. The third-order valence-corrected chi connectivity index (χ3v) is 4.98. The van der Waals surface area contributed by atoms with Crippen LogP contribution in [0.3, 0.4) is 0 Å². The molecule has 0 bridgehead atoms. The van der Waals surface area contributed by atoms with Gasteiger partial charge >= 0.3 is 0 Å². The Hall–Kier alpha value is -2.00. The third-order valence-electron chi connectivity index (χ3n) is 4.24. The lowest BCUT2D eigenvalue weighted by Gasteiger charge is -2.26. The first-order chi connectivity index (χ1) is 11.2. The molecule has 1 unspecified atom stereocenters. The van der Waals surface area contributed by atoms with Crippen molar-refractivity contribution >= 4 is 22.5 Å². The van der Waals surface area contributed by atoms with Crippen molar-refractivity contribution in [2.75, 3.05) is 20.4 Å². The second-order valence-corrected chi connectivity index (χ2v) is 6.74. The van der Waals surface area contributed by atoms with Gasteiger partial charge in [0.25, 0.3) is 0 Å². The lowest BCUT2D eigenvalue weighted by Crippen LogP contribution is -2.28. The Kier molecular flexibility index (Phi) is 4.87. The van der Waals surface area contributed by atoms with Crippen LogP contribution < -0.4 is 0 Å². The van der Waals surface area contributed by atoms with Crippen LogP contribution in [0.2, 0.25) is 0 Å². The zero-order valence-corrected chi connectivity index (χ0v) is 14.8. The molecule has 0 amide bonds. The van der Waals surface area contributed by atoms with E-state index in [4.69, 9.17) is 0 Å². The van der Waals surface area contributed by atoms with Gasteiger partial charge in [0.1, 0.15) is 0 Å². The molecule has 0 radical (unpaired) electrons. The fourth-order valence-corrected chi connectivity index (χ4v) is 3.70. The Morgan fingerprint density at radius 2 is 1.57 bits per heavy atom. The fraction of sp³-hybridized carbons (Fsp3) is 0.250. The van der Waals surface area contributed by atoms with Gasteiger partial charge < -0.3 is 4.90 Å². The van der Waals surface area contributed by atoms with Crippen LogP contribution in [0.5, 0.6) is 0 Å². The number of thioether (sulfide) groups is 1. The van der Waals surface area contributed by atoms with E-state index < -0.39 is 0 Å². The van der Waals surface area contributed by atoms with Crippen LogP contribution in [0.4, 0.5) is 5.69 Å². The Labute approximate surface area is 143 Å². The molecule has 0 saturated heterocycles. The number of hydrogen-bond acceptors (Lipinski definition) is 2. The highest BCUT2D eigenvalue weighted by Gasteiger charge is 2.33. The first-order valence-electron chi connectivity index (χ1n) is 7.89. The largest absolute Gasteiger partial charge is 0.381 e. The van der Waals surface area contributed by atoms with Gasteiger partial charge in [0, 0.05) is 43.6 Å². The summed E-state index contributed by atoms with van der Waals surface area (Å²) in [5.74, 6) is 0. The van der Waals surface area contributed by atoms with Gasteiger partial charge in [0.15, 0.2) is 6.04 Å². The van der Waals surface area contributed by atoms with Crippen LogP contribution >= 0.6 is 11.8 Å². The van der Waals surface area contributed by atoms with Gasteiger partial charge in [0.2, 0.25) is 10.7 Å². The Bertz CT molecular complexity index is 718. The number of benzene rings is 2. The van der Waals surface area contributed by atoms with Crippen molar-refractivity contribution in [1.82, 2.24) is 4.90 Å². The summed E-state index contributed by atoms with van der Waals surface area (Å²) >= 11 is 1.81. The van der Waals surface area contributed by atoms with Gasteiger partial charge in [-0.25, -0.2) is 0 Å². The van der Waals surface area contributed by atoms with Gasteiger partial charge in [-0.1, -0.05) is 60.3 Å². The van der Waals surface area contributed by atoms with Crippen molar-refractivity contribution in [1.29, 1.82) is 0 Å². The standard InChI is InChI=1S/C20H23N2S/c1-21(2)18-14-19(16-10-6-4-7-11-16)22(20(15-18)23-3)17-12-8-5-9-13-17/h4-13,15,19H,14H2,1-3H3/q+1. The minimum Gasteiger partial charge on any atom is -0.381 e. The normalized spacial score (nSPS) is 17.9. The fourth-order valence-electron chi connectivity index (χ4n) is 3.02. The maximum Gasteiger partial charge on any atom is 0.242 e. The molecule has 0 aliphatic carbocycles. The topological polar surface area (TPSA) is 6.25 Å². The second kappa shape index (κ2) is 7.05. The first-order valence-corrected chi connectivity index (χ1v) is 9.11. The van der Waals surface area contributed by atoms with Crippen molar-refractivity contribution in [3.63, 3.8) is 0 Å². The van der Waals surface area contributed by atoms with Crippen LogP contribution in [-0.2, 0) is 0 Å². The van der Waals surface area contributed by atoms with Crippen LogP contribution in [0.25, 0.3) is 0 Å². The summed E-state index contributed by atoms with van der Waals surface area (Å²) in [6.45, 7) is 0. The molecule has 1 heterocycles. The molecule has 2 aromatic rings. The third kappa shape index (κ3) is 3.35. The van der Waals surface area contributed by atoms with Crippen molar-refractivity contribution in [3.8, 4) is 0 Å². The van der Waals surface area contributed by atoms with Crippen molar-refractivity contribution in [2.24, 2.45) is 0 Å². The lowest BCUT2D eigenvalue weighted by molar-refractivity contribution is -0.490. The number of hydrogen-bond donors (Lipinski definition) is 0. The van der Waals surface area contributed by atoms with Crippen LogP contribution in [0, 0.1) is 0 Å². The van der Waals surface area contributed by atoms with Gasteiger partial charge in [-0.2, -0.15) is 4.58 Å². The van der Waals surface area contributed by atoms with Crippen LogP contribution in [0.15, 0.2) is 72.4 Å². The average Bonchev–Trinajstić information content (AvgIpc) is 2.62. The minimum atomic E-state index is 0.323. The quantitative estimate of drug-likeness (QED) is 0.756. The summed E-state index contributed by atoms with van der Waals surface area (Å²) < 4.78 is 2.47. The Morgan fingerprint density at radius 3 is 2.13 bits per heavy atom. The van der Waals surface area contributed by atoms with E-state index in [-0.39, 0.29) is 0 Å². The van der Waals surface area contributed by atoms with Crippen molar-refractivity contribution in [2.45, 2.75) is 12.5 Å². The molecule has 2 nitrogen and oxygen atoms in total. The molecule has 1 aliphatic rings. The first kappa shape index (κ1) is 15.9. The van der Waals surface area contributed by atoms with Gasteiger partial charge in [0.05, 0.1) is 6.42 Å². The molecule has 1 aliphatic heterocycles. The van der Waals surface area contributed by atoms with E-state index in [1.165, 1.54) is 22.0 Å². The summed E-state index contributed by atoms with van der Waals surface area (Å²) in [6, 6.07) is 21.8. The lowest BCUT2D eigenvalue weighted by atomic mass is 9.98. The maximum atomic E-state index is 2.47. The van der Waals surface area contributed by atoms with E-state index in [1.54, 1.807) is 0 Å². The minimum absolute atomic E-state index is 0.323. The smallest absolute Gasteiger partial charge is 0.242 e. The monoisotopic (exact) mass is 323 g/mol. The summed E-state index contributed by atoms with van der Waals surface area (Å²) in [4.78, 5) is 2.23. The van der Waals surface area contributed by atoms with Gasteiger partial charge in [-0.15, -0.1) is 0 Å². The van der Waals surface area contributed by atoms with Crippen LogP contribution in [0.1, 0.15) is 18.0 Å². The SMILES string of the molecule is CSC1=[N+](c2ccccc2)C(c2ccccc2)CC(N(C)C)=C1. The average molecular weight is 323 g/mol. The van der Waals surface area contributed by atoms with E-state index in [9.17, 15) is 0 Å². The van der Waals surface area contributed by atoms with Crippen molar-refractivity contribution < 1.29 is 4.58 Å². The van der Waals surface area contributed by atoms with Gasteiger partial charge in [-0.3, -0.25) is 0 Å². The zero-order chi connectivity index (χ0) is 16.2. The summed E-state index contributed by atoms with van der Waals surface area (Å²) in [7, 11) is 4.26. The highest BCUT2D eigenvalue weighted by atomic mass is 32.2. The predicted molar refractivity (Wildman–Crippen MR) is 100 cm³/mol. The highest BCUT2D eigenvalue weighted by Crippen LogP contribution is 2.35. The molecular formula is C20H23N2S+. The molecule has 0 spiro atoms. The summed E-state index contributed by atoms with van der Waals surface area (Å²) in [6.07, 6.45) is 5.48. The predicted octanol–water partition coefficient (Wildman–Crippen LogP) is 4.68. The zero-order valence-electron chi connectivity index (χ0n) is 13.9. The maximum absolute atomic E-state index is 2.47.